The van der Waals surface area contributed by atoms with Crippen LogP contribution in [0.3, 0.4) is 0 Å². The Morgan fingerprint density at radius 2 is 2.30 bits per heavy atom. The topological polar surface area (TPSA) is 68.5 Å². The number of thiophene rings is 1. The number of carbonyl (C=O) groups excluding carboxylic acids is 1. The van der Waals surface area contributed by atoms with E-state index in [0.29, 0.717) is 31.1 Å². The summed E-state index contributed by atoms with van der Waals surface area (Å²) in [7, 11) is 1.62. The third-order valence-corrected chi connectivity index (χ3v) is 3.65. The number of ether oxygens (including phenoxy) is 1. The first-order valence-corrected chi connectivity index (χ1v) is 7.11. The smallest absolute Gasteiger partial charge is 0.272 e. The van der Waals surface area contributed by atoms with Gasteiger partial charge in [0.2, 0.25) is 0 Å². The van der Waals surface area contributed by atoms with Gasteiger partial charge in [-0.15, -0.1) is 11.3 Å². The Bertz CT molecular complexity index is 540. The molecule has 0 bridgehead atoms. The van der Waals surface area contributed by atoms with Crippen molar-refractivity contribution in [2.45, 2.75) is 6.54 Å². The molecule has 0 saturated heterocycles. The van der Waals surface area contributed by atoms with Crippen LogP contribution in [0.1, 0.15) is 15.4 Å². The number of nitrogens with two attached hydrogens (primary N) is 1. The second-order valence-corrected chi connectivity index (χ2v) is 5.31. The van der Waals surface area contributed by atoms with Gasteiger partial charge in [0.05, 0.1) is 25.0 Å². The minimum atomic E-state index is -0.115. The molecular weight excluding hydrogens is 274 g/mol. The largest absolute Gasteiger partial charge is 0.397 e. The third kappa shape index (κ3) is 3.79. The second-order valence-electron chi connectivity index (χ2n) is 4.28. The molecule has 0 spiro atoms. The van der Waals surface area contributed by atoms with Crippen LogP contribution in [0.5, 0.6) is 0 Å². The van der Waals surface area contributed by atoms with Crippen LogP contribution in [0, 0.1) is 0 Å². The summed E-state index contributed by atoms with van der Waals surface area (Å²) in [6.45, 7) is 1.58. The van der Waals surface area contributed by atoms with Crippen LogP contribution < -0.4 is 5.73 Å². The molecule has 0 saturated carbocycles. The van der Waals surface area contributed by atoms with Gasteiger partial charge in [-0.1, -0.05) is 6.07 Å². The zero-order chi connectivity index (χ0) is 14.4. The van der Waals surface area contributed by atoms with Crippen molar-refractivity contribution in [3.8, 4) is 0 Å². The summed E-state index contributed by atoms with van der Waals surface area (Å²) in [5.74, 6) is -0.115. The van der Waals surface area contributed by atoms with Gasteiger partial charge in [0.15, 0.2) is 0 Å². The van der Waals surface area contributed by atoms with Crippen LogP contribution in [-0.4, -0.2) is 36.1 Å². The highest BCUT2D eigenvalue weighted by atomic mass is 32.1. The first kappa shape index (κ1) is 14.5. The zero-order valence-corrected chi connectivity index (χ0v) is 12.1. The first-order valence-electron chi connectivity index (χ1n) is 6.23. The molecule has 0 aliphatic heterocycles. The molecule has 6 heteroatoms. The van der Waals surface area contributed by atoms with Crippen molar-refractivity contribution in [2.75, 3.05) is 26.0 Å². The molecule has 0 aromatic carbocycles. The van der Waals surface area contributed by atoms with E-state index in [0.717, 1.165) is 4.88 Å². The lowest BCUT2D eigenvalue weighted by Crippen LogP contribution is -2.33. The fourth-order valence-electron chi connectivity index (χ4n) is 1.74. The minimum absolute atomic E-state index is 0.115. The van der Waals surface area contributed by atoms with Gasteiger partial charge >= 0.3 is 0 Å². The molecule has 0 unspecified atom stereocenters. The lowest BCUT2D eigenvalue weighted by Gasteiger charge is -2.21. The maximum Gasteiger partial charge on any atom is 0.272 e. The van der Waals surface area contributed by atoms with Gasteiger partial charge in [0, 0.05) is 18.5 Å². The number of rotatable bonds is 6. The van der Waals surface area contributed by atoms with Crippen LogP contribution in [0.15, 0.2) is 35.8 Å². The quantitative estimate of drug-likeness (QED) is 0.884. The average molecular weight is 291 g/mol. The van der Waals surface area contributed by atoms with Crippen LogP contribution in [-0.2, 0) is 11.3 Å². The van der Waals surface area contributed by atoms with Crippen molar-refractivity contribution in [1.82, 2.24) is 9.88 Å². The summed E-state index contributed by atoms with van der Waals surface area (Å²) < 4.78 is 5.07. The Balaban J connectivity index is 2.12. The molecule has 0 aliphatic rings. The highest BCUT2D eigenvalue weighted by Crippen LogP contribution is 2.14. The molecule has 0 atom stereocenters. The number of nitrogens with zero attached hydrogens (tertiary/aromatic N) is 2. The molecule has 2 aromatic heterocycles. The summed E-state index contributed by atoms with van der Waals surface area (Å²) in [6, 6.07) is 7.31. The Morgan fingerprint density at radius 1 is 1.45 bits per heavy atom. The van der Waals surface area contributed by atoms with E-state index in [1.165, 1.54) is 6.20 Å². The molecule has 0 aliphatic carbocycles. The van der Waals surface area contributed by atoms with E-state index < -0.39 is 0 Å². The number of anilines is 1. The lowest BCUT2D eigenvalue weighted by atomic mass is 10.3. The summed E-state index contributed by atoms with van der Waals surface area (Å²) in [4.78, 5) is 19.4. The van der Waals surface area contributed by atoms with E-state index in [4.69, 9.17) is 10.5 Å². The van der Waals surface area contributed by atoms with Crippen molar-refractivity contribution >= 4 is 22.9 Å². The predicted octanol–water partition coefficient (Wildman–Crippen LogP) is 2.01. The highest BCUT2D eigenvalue weighted by Gasteiger charge is 2.17. The Kier molecular flexibility index (Phi) is 5.09. The lowest BCUT2D eigenvalue weighted by molar-refractivity contribution is 0.0676. The zero-order valence-electron chi connectivity index (χ0n) is 11.3. The molecule has 2 rings (SSSR count). The molecule has 20 heavy (non-hydrogen) atoms. The predicted molar refractivity (Wildman–Crippen MR) is 79.6 cm³/mol. The van der Waals surface area contributed by atoms with Gasteiger partial charge in [0.25, 0.3) is 5.91 Å². The molecular formula is C14H17N3O2S. The van der Waals surface area contributed by atoms with E-state index in [9.17, 15) is 4.79 Å². The van der Waals surface area contributed by atoms with Gasteiger partial charge in [0.1, 0.15) is 5.69 Å². The molecule has 2 heterocycles. The van der Waals surface area contributed by atoms with Gasteiger partial charge in [-0.3, -0.25) is 4.79 Å². The van der Waals surface area contributed by atoms with Gasteiger partial charge in [-0.05, 0) is 23.6 Å². The maximum atomic E-state index is 12.5. The van der Waals surface area contributed by atoms with Crippen LogP contribution in [0.4, 0.5) is 5.69 Å². The molecule has 1 amide bonds. The van der Waals surface area contributed by atoms with Crippen LogP contribution >= 0.6 is 11.3 Å². The number of pyridine rings is 1. The summed E-state index contributed by atoms with van der Waals surface area (Å²) >= 11 is 1.62. The van der Waals surface area contributed by atoms with Gasteiger partial charge in [-0.2, -0.15) is 0 Å². The molecule has 5 nitrogen and oxygen atoms in total. The molecule has 0 fully saturated rings. The number of carbonyl (C=O) groups is 1. The molecule has 106 valence electrons. The van der Waals surface area contributed by atoms with Gasteiger partial charge < -0.3 is 15.4 Å². The average Bonchev–Trinajstić information content (AvgIpc) is 2.96. The number of methoxy groups -OCH3 is 1. The SMILES string of the molecule is COCCN(Cc1cccs1)C(=O)c1ccc(N)cn1. The van der Waals surface area contributed by atoms with E-state index >= 15 is 0 Å². The summed E-state index contributed by atoms with van der Waals surface area (Å²) in [6.07, 6.45) is 1.49. The number of nitrogen functional groups attached to an aromatic ring is 1. The van der Waals surface area contributed by atoms with Crippen molar-refractivity contribution in [1.29, 1.82) is 0 Å². The highest BCUT2D eigenvalue weighted by molar-refractivity contribution is 7.09. The van der Waals surface area contributed by atoms with Crippen LogP contribution in [0.25, 0.3) is 0 Å². The van der Waals surface area contributed by atoms with Crippen LogP contribution in [0.2, 0.25) is 0 Å². The number of amides is 1. The standard InChI is InChI=1S/C14H17N3O2S/c1-19-7-6-17(10-12-3-2-8-20-12)14(18)13-5-4-11(15)9-16-13/h2-5,8-9H,6-7,10,15H2,1H3. The van der Waals surface area contributed by atoms with Crippen molar-refractivity contribution < 1.29 is 9.53 Å². The van der Waals surface area contributed by atoms with Crippen molar-refractivity contribution in [3.63, 3.8) is 0 Å². The Hall–Kier alpha value is -1.92. The fourth-order valence-corrected chi connectivity index (χ4v) is 2.46. The number of hydrogen-bond acceptors (Lipinski definition) is 5. The Labute approximate surface area is 122 Å². The van der Waals surface area contributed by atoms with E-state index in [2.05, 4.69) is 4.98 Å². The van der Waals surface area contributed by atoms with Gasteiger partial charge in [-0.25, -0.2) is 4.98 Å². The molecule has 0 radical (unpaired) electrons. The third-order valence-electron chi connectivity index (χ3n) is 2.78. The van der Waals surface area contributed by atoms with Crippen molar-refractivity contribution in [2.24, 2.45) is 0 Å². The first-order chi connectivity index (χ1) is 9.70. The molecule has 2 N–H and O–H groups in total. The summed E-state index contributed by atoms with van der Waals surface area (Å²) in [5.41, 5.74) is 6.53. The Morgan fingerprint density at radius 3 is 2.90 bits per heavy atom. The normalized spacial score (nSPS) is 10.4. The van der Waals surface area contributed by atoms with Crippen molar-refractivity contribution in [3.05, 3.63) is 46.4 Å². The van der Waals surface area contributed by atoms with E-state index in [1.54, 1.807) is 35.5 Å². The van der Waals surface area contributed by atoms with E-state index in [1.807, 2.05) is 17.5 Å². The summed E-state index contributed by atoms with van der Waals surface area (Å²) in [5, 5.41) is 2.00. The molecule has 2 aromatic rings. The number of aromatic nitrogens is 1. The fraction of sp³-hybridized carbons (Fsp3) is 0.286. The number of hydrogen-bond donors (Lipinski definition) is 1. The maximum absolute atomic E-state index is 12.5. The minimum Gasteiger partial charge on any atom is -0.397 e. The second kappa shape index (κ2) is 7.02. The van der Waals surface area contributed by atoms with E-state index in [-0.39, 0.29) is 5.91 Å². The monoisotopic (exact) mass is 291 g/mol.